The van der Waals surface area contributed by atoms with E-state index < -0.39 is 0 Å². The Labute approximate surface area is 174 Å². The minimum Gasteiger partial charge on any atom is -0.497 e. The average Bonchev–Trinajstić information content (AvgIpc) is 2.76. The Hall–Kier alpha value is -2.99. The van der Waals surface area contributed by atoms with Crippen molar-refractivity contribution in [2.75, 3.05) is 20.2 Å². The van der Waals surface area contributed by atoms with E-state index in [1.54, 1.807) is 31.5 Å². The molecule has 0 saturated carbocycles. The number of hydrogen-bond acceptors (Lipinski definition) is 4. The topological polar surface area (TPSA) is 47.4 Å². The zero-order valence-corrected chi connectivity index (χ0v) is 16.9. The first kappa shape index (κ1) is 19.0. The number of benzene rings is 1. The third kappa shape index (κ3) is 3.52. The van der Waals surface area contributed by atoms with E-state index in [0.29, 0.717) is 23.8 Å². The molecule has 2 aromatic heterocycles. The van der Waals surface area contributed by atoms with Gasteiger partial charge < -0.3 is 9.30 Å². The van der Waals surface area contributed by atoms with Crippen molar-refractivity contribution in [2.45, 2.75) is 25.4 Å². The minimum atomic E-state index is -0.237. The van der Waals surface area contributed by atoms with Gasteiger partial charge in [-0.3, -0.25) is 14.7 Å². The number of nitrogens with zero attached hydrogens (tertiary/aromatic N) is 3. The van der Waals surface area contributed by atoms with E-state index in [0.717, 1.165) is 43.0 Å². The summed E-state index contributed by atoms with van der Waals surface area (Å²) in [6, 6.07) is 14.6. The van der Waals surface area contributed by atoms with Crippen LogP contribution in [0.1, 0.15) is 23.6 Å². The Bertz CT molecular complexity index is 1130. The number of likely N-dealkylation sites (tertiary alicyclic amines) is 1. The van der Waals surface area contributed by atoms with E-state index in [1.807, 2.05) is 22.8 Å². The molecule has 0 spiro atoms. The second-order valence-corrected chi connectivity index (χ2v) is 8.28. The highest BCUT2D eigenvalue weighted by molar-refractivity contribution is 5.59. The van der Waals surface area contributed by atoms with Crippen molar-refractivity contribution in [3.8, 4) is 17.0 Å². The molecule has 4 heterocycles. The summed E-state index contributed by atoms with van der Waals surface area (Å²) in [6.07, 6.45) is 2.81. The lowest BCUT2D eigenvalue weighted by molar-refractivity contribution is 0.113. The van der Waals surface area contributed by atoms with Gasteiger partial charge in [0, 0.05) is 67.2 Å². The second-order valence-electron chi connectivity index (χ2n) is 8.28. The molecule has 2 bridgehead atoms. The lowest BCUT2D eigenvalue weighted by Gasteiger charge is -2.43. The van der Waals surface area contributed by atoms with Crippen LogP contribution in [-0.4, -0.2) is 34.7 Å². The van der Waals surface area contributed by atoms with Gasteiger partial charge in [-0.05, 0) is 36.6 Å². The van der Waals surface area contributed by atoms with Gasteiger partial charge in [-0.15, -0.1) is 0 Å². The summed E-state index contributed by atoms with van der Waals surface area (Å²) in [6.45, 7) is 2.96. The van der Waals surface area contributed by atoms with Crippen LogP contribution in [0, 0.1) is 11.7 Å². The largest absolute Gasteiger partial charge is 0.497 e. The third-order valence-electron chi connectivity index (χ3n) is 6.25. The molecule has 30 heavy (non-hydrogen) atoms. The van der Waals surface area contributed by atoms with Gasteiger partial charge in [0.05, 0.1) is 12.8 Å². The van der Waals surface area contributed by atoms with Crippen molar-refractivity contribution < 1.29 is 9.13 Å². The molecule has 1 aromatic carbocycles. The maximum atomic E-state index is 14.5. The van der Waals surface area contributed by atoms with Crippen LogP contribution in [0.2, 0.25) is 0 Å². The van der Waals surface area contributed by atoms with Crippen LogP contribution in [0.4, 0.5) is 4.39 Å². The molecule has 5 rings (SSSR count). The number of aromatic nitrogens is 2. The summed E-state index contributed by atoms with van der Waals surface area (Å²) in [5.41, 5.74) is 3.46. The molecular formula is C24H24FN3O2. The minimum absolute atomic E-state index is 0.0394. The molecule has 154 valence electrons. The highest BCUT2D eigenvalue weighted by Gasteiger charge is 2.35. The van der Waals surface area contributed by atoms with Crippen LogP contribution in [0.3, 0.4) is 0 Å². The number of rotatable bonds is 4. The lowest BCUT2D eigenvalue weighted by atomic mass is 9.82. The maximum absolute atomic E-state index is 14.5. The summed E-state index contributed by atoms with van der Waals surface area (Å²) in [5, 5.41) is 0. The zero-order chi connectivity index (χ0) is 20.7. The smallest absolute Gasteiger partial charge is 0.251 e. The van der Waals surface area contributed by atoms with Crippen LogP contribution in [0.25, 0.3) is 11.3 Å². The van der Waals surface area contributed by atoms with Gasteiger partial charge >= 0.3 is 0 Å². The number of fused-ring (bicyclic) bond motifs is 4. The fourth-order valence-corrected chi connectivity index (χ4v) is 4.89. The summed E-state index contributed by atoms with van der Waals surface area (Å²) < 4.78 is 21.5. The van der Waals surface area contributed by atoms with Crippen molar-refractivity contribution >= 4 is 0 Å². The predicted octanol–water partition coefficient (Wildman–Crippen LogP) is 3.68. The van der Waals surface area contributed by atoms with Gasteiger partial charge in [-0.25, -0.2) is 4.39 Å². The molecule has 0 aliphatic carbocycles. The summed E-state index contributed by atoms with van der Waals surface area (Å²) in [7, 11) is 1.54. The number of piperidine rings is 1. The summed E-state index contributed by atoms with van der Waals surface area (Å²) in [5.74, 6) is 0.951. The van der Waals surface area contributed by atoms with E-state index in [1.165, 1.54) is 6.07 Å². The Kier molecular flexibility index (Phi) is 4.87. The van der Waals surface area contributed by atoms with Gasteiger partial charge in [0.25, 0.3) is 5.56 Å². The van der Waals surface area contributed by atoms with Crippen molar-refractivity contribution in [1.29, 1.82) is 0 Å². The zero-order valence-electron chi connectivity index (χ0n) is 16.9. The molecule has 3 aromatic rings. The molecule has 6 heteroatoms. The van der Waals surface area contributed by atoms with Crippen molar-refractivity contribution in [1.82, 2.24) is 14.5 Å². The Morgan fingerprint density at radius 2 is 2.03 bits per heavy atom. The monoisotopic (exact) mass is 405 g/mol. The molecule has 0 radical (unpaired) electrons. The van der Waals surface area contributed by atoms with Crippen molar-refractivity contribution in [3.63, 3.8) is 0 Å². The first-order valence-corrected chi connectivity index (χ1v) is 10.3. The Balaban J connectivity index is 1.42. The Morgan fingerprint density at radius 3 is 2.80 bits per heavy atom. The first-order valence-electron chi connectivity index (χ1n) is 10.3. The van der Waals surface area contributed by atoms with E-state index >= 15 is 0 Å². The van der Waals surface area contributed by atoms with Crippen LogP contribution in [0.5, 0.6) is 5.75 Å². The van der Waals surface area contributed by atoms with E-state index in [2.05, 4.69) is 16.0 Å². The van der Waals surface area contributed by atoms with Crippen LogP contribution >= 0.6 is 0 Å². The number of methoxy groups -OCH3 is 1. The SMILES string of the molecule is COc1ccc(CN2C[C@@H]3C[C@H](C2)c2cc(-c4ccccn4)cc(=O)n2C3)c(F)c1. The van der Waals surface area contributed by atoms with E-state index in [4.69, 9.17) is 4.74 Å². The molecule has 0 N–H and O–H groups in total. The van der Waals surface area contributed by atoms with Gasteiger partial charge in [0.1, 0.15) is 11.6 Å². The molecule has 1 fully saturated rings. The van der Waals surface area contributed by atoms with Crippen LogP contribution in [-0.2, 0) is 13.1 Å². The van der Waals surface area contributed by atoms with Crippen LogP contribution in [0.15, 0.2) is 59.5 Å². The van der Waals surface area contributed by atoms with E-state index in [9.17, 15) is 9.18 Å². The van der Waals surface area contributed by atoms with E-state index in [-0.39, 0.29) is 17.3 Å². The predicted molar refractivity (Wildman–Crippen MR) is 113 cm³/mol. The summed E-state index contributed by atoms with van der Waals surface area (Å²) >= 11 is 0. The highest BCUT2D eigenvalue weighted by atomic mass is 19.1. The Morgan fingerprint density at radius 1 is 1.13 bits per heavy atom. The first-order chi connectivity index (χ1) is 14.6. The number of pyridine rings is 2. The summed E-state index contributed by atoms with van der Waals surface area (Å²) in [4.78, 5) is 19.5. The molecule has 0 amide bonds. The fraction of sp³-hybridized carbons (Fsp3) is 0.333. The standard InChI is InChI=1S/C24H24FN3O2/c1-30-20-6-5-17(21(25)11-20)14-27-12-16-8-19(15-27)23-9-18(10-24(29)28(23)13-16)22-4-2-3-7-26-22/h2-7,9-11,16,19H,8,12-15H2,1H3/t16-,19+/m0/s1. The van der Waals surface area contributed by atoms with Gasteiger partial charge in [-0.2, -0.15) is 0 Å². The molecule has 2 aliphatic heterocycles. The average molecular weight is 405 g/mol. The molecule has 1 saturated heterocycles. The molecular weight excluding hydrogens is 381 g/mol. The number of halogens is 1. The van der Waals surface area contributed by atoms with Gasteiger partial charge in [0.2, 0.25) is 0 Å². The third-order valence-corrected chi connectivity index (χ3v) is 6.25. The van der Waals surface area contributed by atoms with Gasteiger partial charge in [-0.1, -0.05) is 12.1 Å². The molecule has 5 nitrogen and oxygen atoms in total. The molecule has 2 atom stereocenters. The van der Waals surface area contributed by atoms with Crippen LogP contribution < -0.4 is 10.3 Å². The maximum Gasteiger partial charge on any atom is 0.251 e. The lowest BCUT2D eigenvalue weighted by Crippen LogP contribution is -2.46. The normalized spacial score (nSPS) is 20.6. The van der Waals surface area contributed by atoms with Crippen molar-refractivity contribution in [3.05, 3.63) is 82.2 Å². The highest BCUT2D eigenvalue weighted by Crippen LogP contribution is 2.37. The molecule has 2 aliphatic rings. The number of hydrogen-bond donors (Lipinski definition) is 0. The number of ether oxygens (including phenoxy) is 1. The second kappa shape index (κ2) is 7.69. The quantitative estimate of drug-likeness (QED) is 0.664. The van der Waals surface area contributed by atoms with Crippen molar-refractivity contribution in [2.24, 2.45) is 5.92 Å². The molecule has 0 unspecified atom stereocenters. The van der Waals surface area contributed by atoms with Gasteiger partial charge in [0.15, 0.2) is 0 Å². The fourth-order valence-electron chi connectivity index (χ4n) is 4.89.